The minimum Gasteiger partial charge on any atom is -0.481 e. The third-order valence-electron chi connectivity index (χ3n) is 3.01. The lowest BCUT2D eigenvalue weighted by Crippen LogP contribution is -2.35. The molecule has 0 saturated heterocycles. The number of aliphatic carboxylic acids is 1. The topological polar surface area (TPSA) is 110 Å². The molecule has 1 saturated carbocycles. The lowest BCUT2D eigenvalue weighted by molar-refractivity contribution is -0.143. The highest BCUT2D eigenvalue weighted by Gasteiger charge is 2.32. The monoisotopic (exact) mass is 293 g/mol. The molecular formula is C11H19NO6S. The minimum atomic E-state index is -3.57. The Bertz CT molecular complexity index is 432. The number of hydrogen-bond acceptors (Lipinski definition) is 5. The maximum Gasteiger partial charge on any atom is 0.306 e. The number of rotatable bonds is 7. The number of ether oxygens (including phenoxy) is 1. The van der Waals surface area contributed by atoms with Gasteiger partial charge in [0.1, 0.15) is 0 Å². The lowest BCUT2D eigenvalue weighted by Gasteiger charge is -2.12. The van der Waals surface area contributed by atoms with Crippen molar-refractivity contribution in [2.24, 2.45) is 5.92 Å². The molecule has 0 aromatic rings. The molecule has 19 heavy (non-hydrogen) atoms. The van der Waals surface area contributed by atoms with Gasteiger partial charge in [-0.05, 0) is 26.2 Å². The van der Waals surface area contributed by atoms with Crippen molar-refractivity contribution in [1.29, 1.82) is 0 Å². The molecule has 0 aliphatic heterocycles. The largest absolute Gasteiger partial charge is 0.481 e. The maximum absolute atomic E-state index is 11.7. The highest BCUT2D eigenvalue weighted by molar-refractivity contribution is 7.89. The van der Waals surface area contributed by atoms with E-state index in [-0.39, 0.29) is 24.8 Å². The van der Waals surface area contributed by atoms with Gasteiger partial charge in [0.15, 0.2) is 0 Å². The Morgan fingerprint density at radius 2 is 2.05 bits per heavy atom. The van der Waals surface area contributed by atoms with E-state index in [1.54, 1.807) is 6.92 Å². The van der Waals surface area contributed by atoms with Crippen molar-refractivity contribution in [3.8, 4) is 0 Å². The second-order valence-corrected chi connectivity index (χ2v) is 6.41. The second-order valence-electron chi connectivity index (χ2n) is 4.54. The zero-order valence-electron chi connectivity index (χ0n) is 10.8. The zero-order valence-corrected chi connectivity index (χ0v) is 11.6. The predicted molar refractivity (Wildman–Crippen MR) is 66.9 cm³/mol. The fraction of sp³-hybridized carbons (Fsp3) is 0.818. The number of carboxylic acid groups (broad SMARTS) is 1. The first-order valence-electron chi connectivity index (χ1n) is 6.22. The lowest BCUT2D eigenvalue weighted by atomic mass is 10.1. The van der Waals surface area contributed by atoms with Crippen LogP contribution in [0.2, 0.25) is 0 Å². The van der Waals surface area contributed by atoms with Gasteiger partial charge < -0.3 is 9.84 Å². The molecule has 0 bridgehead atoms. The first-order valence-corrected chi connectivity index (χ1v) is 7.87. The number of carboxylic acids is 1. The fourth-order valence-corrected chi connectivity index (χ4v) is 3.35. The molecule has 1 aliphatic rings. The Hall–Kier alpha value is -1.15. The van der Waals surface area contributed by atoms with Crippen molar-refractivity contribution in [2.75, 3.05) is 12.4 Å². The highest BCUT2D eigenvalue weighted by atomic mass is 32.2. The van der Waals surface area contributed by atoms with E-state index < -0.39 is 27.9 Å². The second kappa shape index (κ2) is 6.85. The number of esters is 1. The van der Waals surface area contributed by atoms with Crippen LogP contribution >= 0.6 is 0 Å². The van der Waals surface area contributed by atoms with Crippen LogP contribution in [0.4, 0.5) is 0 Å². The molecule has 0 aromatic carbocycles. The number of carbonyl (C=O) groups is 2. The molecular weight excluding hydrogens is 274 g/mol. The van der Waals surface area contributed by atoms with E-state index in [4.69, 9.17) is 5.11 Å². The smallest absolute Gasteiger partial charge is 0.306 e. The van der Waals surface area contributed by atoms with Gasteiger partial charge in [0.2, 0.25) is 10.0 Å². The number of carbonyl (C=O) groups excluding carboxylic acids is 1. The number of sulfonamides is 1. The Morgan fingerprint density at radius 3 is 2.58 bits per heavy atom. The molecule has 7 nitrogen and oxygen atoms in total. The van der Waals surface area contributed by atoms with Crippen molar-refractivity contribution >= 4 is 22.0 Å². The van der Waals surface area contributed by atoms with E-state index in [0.717, 1.165) is 0 Å². The van der Waals surface area contributed by atoms with Gasteiger partial charge in [-0.3, -0.25) is 9.59 Å². The Kier molecular flexibility index (Phi) is 5.74. The van der Waals surface area contributed by atoms with Crippen molar-refractivity contribution in [1.82, 2.24) is 4.72 Å². The van der Waals surface area contributed by atoms with Crippen LogP contribution in [-0.2, 0) is 24.3 Å². The van der Waals surface area contributed by atoms with Crippen molar-refractivity contribution < 1.29 is 27.9 Å². The normalized spacial score (nSPS) is 23.2. The summed E-state index contributed by atoms with van der Waals surface area (Å²) in [7, 11) is -3.57. The SMILES string of the molecule is CCOC(=O)CCS(=O)(=O)NC1CCC(C(=O)O)C1. The minimum absolute atomic E-state index is 0.196. The zero-order chi connectivity index (χ0) is 14.5. The third kappa shape index (κ3) is 5.56. The molecule has 8 heteroatoms. The van der Waals surface area contributed by atoms with E-state index >= 15 is 0 Å². The van der Waals surface area contributed by atoms with Crippen LogP contribution in [0.25, 0.3) is 0 Å². The van der Waals surface area contributed by atoms with Gasteiger partial charge >= 0.3 is 11.9 Å². The van der Waals surface area contributed by atoms with Gasteiger partial charge in [-0.15, -0.1) is 0 Å². The summed E-state index contributed by atoms with van der Waals surface area (Å²) in [6.07, 6.45) is 1.09. The standard InChI is InChI=1S/C11H19NO6S/c1-2-18-10(13)5-6-19(16,17)12-9-4-3-8(7-9)11(14)15/h8-9,12H,2-7H2,1H3,(H,14,15). The van der Waals surface area contributed by atoms with E-state index in [2.05, 4.69) is 9.46 Å². The average Bonchev–Trinajstić information content (AvgIpc) is 2.75. The molecule has 0 aromatic heterocycles. The van der Waals surface area contributed by atoms with Crippen molar-refractivity contribution in [2.45, 2.75) is 38.6 Å². The number of nitrogens with one attached hydrogen (secondary N) is 1. The molecule has 2 N–H and O–H groups in total. The first-order chi connectivity index (χ1) is 8.84. The summed E-state index contributed by atoms with van der Waals surface area (Å²) >= 11 is 0. The van der Waals surface area contributed by atoms with E-state index in [9.17, 15) is 18.0 Å². The number of hydrogen-bond donors (Lipinski definition) is 2. The molecule has 0 radical (unpaired) electrons. The maximum atomic E-state index is 11.7. The summed E-state index contributed by atoms with van der Waals surface area (Å²) < 4.78 is 30.5. The van der Waals surface area contributed by atoms with Gasteiger partial charge in [0.05, 0.1) is 24.7 Å². The molecule has 2 unspecified atom stereocenters. The van der Waals surface area contributed by atoms with Crippen LogP contribution in [0.5, 0.6) is 0 Å². The highest BCUT2D eigenvalue weighted by Crippen LogP contribution is 2.26. The molecule has 0 spiro atoms. The van der Waals surface area contributed by atoms with Crippen molar-refractivity contribution in [3.05, 3.63) is 0 Å². The fourth-order valence-electron chi connectivity index (χ4n) is 2.08. The molecule has 1 fully saturated rings. The Labute approximate surface area is 112 Å². The summed E-state index contributed by atoms with van der Waals surface area (Å²) in [4.78, 5) is 21.8. The van der Waals surface area contributed by atoms with Crippen LogP contribution in [0.15, 0.2) is 0 Å². The molecule has 0 heterocycles. The van der Waals surface area contributed by atoms with E-state index in [1.165, 1.54) is 0 Å². The van der Waals surface area contributed by atoms with Crippen molar-refractivity contribution in [3.63, 3.8) is 0 Å². The van der Waals surface area contributed by atoms with Gasteiger partial charge in [0.25, 0.3) is 0 Å². The molecule has 1 rings (SSSR count). The molecule has 0 amide bonds. The molecule has 1 aliphatic carbocycles. The van der Waals surface area contributed by atoms with Gasteiger partial charge in [0, 0.05) is 6.04 Å². The van der Waals surface area contributed by atoms with Gasteiger partial charge in [-0.25, -0.2) is 13.1 Å². The Balaban J connectivity index is 2.39. The van der Waals surface area contributed by atoms with Crippen LogP contribution in [0.3, 0.4) is 0 Å². The summed E-state index contributed by atoms with van der Waals surface area (Å²) in [5.74, 6) is -2.27. The average molecular weight is 293 g/mol. The Morgan fingerprint density at radius 1 is 1.37 bits per heavy atom. The van der Waals surface area contributed by atoms with Crippen LogP contribution < -0.4 is 4.72 Å². The first kappa shape index (κ1) is 15.9. The van der Waals surface area contributed by atoms with E-state index in [0.29, 0.717) is 19.3 Å². The van der Waals surface area contributed by atoms with Crippen LogP contribution in [0.1, 0.15) is 32.6 Å². The summed E-state index contributed by atoms with van der Waals surface area (Å²) in [6.45, 7) is 1.87. The quantitative estimate of drug-likeness (QED) is 0.645. The van der Waals surface area contributed by atoms with Gasteiger partial charge in [-0.1, -0.05) is 0 Å². The summed E-state index contributed by atoms with van der Waals surface area (Å²) in [5.41, 5.74) is 0. The van der Waals surface area contributed by atoms with E-state index in [1.807, 2.05) is 0 Å². The van der Waals surface area contributed by atoms with Crippen LogP contribution in [0, 0.1) is 5.92 Å². The molecule has 2 atom stereocenters. The third-order valence-corrected chi connectivity index (χ3v) is 4.44. The van der Waals surface area contributed by atoms with Gasteiger partial charge in [-0.2, -0.15) is 0 Å². The molecule has 110 valence electrons. The van der Waals surface area contributed by atoms with Crippen LogP contribution in [-0.4, -0.2) is 43.9 Å². The summed E-state index contributed by atoms with van der Waals surface area (Å²) in [5, 5.41) is 8.83. The summed E-state index contributed by atoms with van der Waals surface area (Å²) in [6, 6.07) is -0.353. The predicted octanol–water partition coefficient (Wildman–Crippen LogP) is 0.112.